The minimum absolute atomic E-state index is 0.0866. The van der Waals surface area contributed by atoms with E-state index >= 15 is 0 Å². The Balaban J connectivity index is 2.04. The molecule has 0 saturated carbocycles. The maximum atomic E-state index is 12.8. The number of carbonyl (C=O) groups excluding carboxylic acids is 1. The quantitative estimate of drug-likeness (QED) is 0.828. The Morgan fingerprint density at radius 2 is 1.91 bits per heavy atom. The van der Waals surface area contributed by atoms with Crippen molar-refractivity contribution in [1.29, 1.82) is 0 Å². The lowest BCUT2D eigenvalue weighted by molar-refractivity contribution is -0.107. The molecule has 1 aliphatic heterocycles. The molecule has 124 valence electrons. The minimum atomic E-state index is -4.85. The topological polar surface area (TPSA) is 54.5 Å². The van der Waals surface area contributed by atoms with Crippen LogP contribution in [0.1, 0.15) is 28.8 Å². The van der Waals surface area contributed by atoms with Crippen molar-refractivity contribution in [3.05, 3.63) is 41.5 Å². The van der Waals surface area contributed by atoms with E-state index in [2.05, 4.69) is 0 Å². The third kappa shape index (κ3) is 2.70. The first-order valence-electron chi connectivity index (χ1n) is 7.06. The average molecular weight is 345 g/mol. The number of Topliss-reactive ketones (excluding diaryl/α,β-unsaturated/α-hetero) is 1. The van der Waals surface area contributed by atoms with Crippen molar-refractivity contribution in [2.45, 2.75) is 24.6 Å². The first-order valence-corrected chi connectivity index (χ1v) is 8.67. The van der Waals surface area contributed by atoms with E-state index < -0.39 is 33.3 Å². The highest BCUT2D eigenvalue weighted by molar-refractivity contribution is 7.89. The van der Waals surface area contributed by atoms with Crippen LogP contribution in [0.2, 0.25) is 0 Å². The smallest absolute Gasteiger partial charge is 0.292 e. The normalized spacial score (nSPS) is 25.1. The summed E-state index contributed by atoms with van der Waals surface area (Å²) < 4.78 is 62.9. The third-order valence-corrected chi connectivity index (χ3v) is 6.06. The summed E-state index contributed by atoms with van der Waals surface area (Å²) in [5.41, 5.74) is -0.550. The lowest BCUT2D eigenvalue weighted by atomic mass is 9.81. The van der Waals surface area contributed by atoms with Gasteiger partial charge in [0, 0.05) is 12.1 Å². The van der Waals surface area contributed by atoms with Gasteiger partial charge in [0.25, 0.3) is 0 Å². The fraction of sp³-hybridized carbons (Fsp3) is 0.400. The molecule has 1 aromatic carbocycles. The van der Waals surface area contributed by atoms with E-state index in [0.717, 1.165) is 4.31 Å². The zero-order valence-electron chi connectivity index (χ0n) is 12.0. The van der Waals surface area contributed by atoms with E-state index in [-0.39, 0.29) is 13.0 Å². The van der Waals surface area contributed by atoms with E-state index in [1.807, 2.05) is 0 Å². The van der Waals surface area contributed by atoms with Gasteiger partial charge in [-0.25, -0.2) is 8.42 Å². The summed E-state index contributed by atoms with van der Waals surface area (Å²) >= 11 is 0. The lowest BCUT2D eigenvalue weighted by Gasteiger charge is -2.36. The molecule has 1 unspecified atom stereocenters. The summed E-state index contributed by atoms with van der Waals surface area (Å²) in [6, 6.07) is 6.66. The Hall–Kier alpha value is -1.67. The number of carbonyl (C=O) groups is 1. The first-order chi connectivity index (χ1) is 10.7. The number of hydrogen-bond donors (Lipinski definition) is 0. The highest BCUT2D eigenvalue weighted by Gasteiger charge is 2.54. The standard InChI is InChI=1S/C15H14F3NO3S/c16-15(17,18)10-23(21,22)19-9-3-7-14(19)8-6-11-4-1-2-5-12(11)13(14)20/h1-2,4-6,8H,3,7,9-10H2. The molecular formula is C15H14F3NO3S. The lowest BCUT2D eigenvalue weighted by Crippen LogP contribution is -2.54. The zero-order chi connectivity index (χ0) is 16.9. The van der Waals surface area contributed by atoms with Crippen LogP contribution in [0.5, 0.6) is 0 Å². The van der Waals surface area contributed by atoms with Gasteiger partial charge in [-0.1, -0.05) is 36.4 Å². The molecule has 2 aliphatic rings. The van der Waals surface area contributed by atoms with Crippen molar-refractivity contribution in [3.8, 4) is 0 Å². The predicted octanol–water partition coefficient (Wildman–Crippen LogP) is 2.62. The minimum Gasteiger partial charge on any atom is -0.292 e. The first kappa shape index (κ1) is 16.2. The molecular weight excluding hydrogens is 331 g/mol. The molecule has 8 heteroatoms. The summed E-state index contributed by atoms with van der Waals surface area (Å²) in [4.78, 5) is 12.8. The molecule has 1 heterocycles. The molecule has 0 amide bonds. The summed E-state index contributed by atoms with van der Waals surface area (Å²) in [6.45, 7) is -0.0866. The van der Waals surface area contributed by atoms with E-state index in [1.54, 1.807) is 30.3 Å². The molecule has 1 aliphatic carbocycles. The Morgan fingerprint density at radius 3 is 2.61 bits per heavy atom. The van der Waals surface area contributed by atoms with Gasteiger partial charge in [0.2, 0.25) is 10.0 Å². The Bertz CT molecular complexity index is 785. The van der Waals surface area contributed by atoms with Crippen LogP contribution in [0.15, 0.2) is 30.3 Å². The number of alkyl halides is 3. The third-order valence-electron chi connectivity index (χ3n) is 4.18. The van der Waals surface area contributed by atoms with E-state index in [4.69, 9.17) is 0 Å². The number of ketones is 1. The van der Waals surface area contributed by atoms with Gasteiger partial charge in [-0.3, -0.25) is 4.79 Å². The molecule has 23 heavy (non-hydrogen) atoms. The molecule has 1 atom stereocenters. The zero-order valence-corrected chi connectivity index (χ0v) is 12.8. The van der Waals surface area contributed by atoms with Gasteiger partial charge in [0.15, 0.2) is 11.5 Å². The fourth-order valence-electron chi connectivity index (χ4n) is 3.27. The summed E-state index contributed by atoms with van der Waals surface area (Å²) in [5.74, 6) is -2.41. The van der Waals surface area contributed by atoms with Crippen LogP contribution in [-0.4, -0.2) is 42.5 Å². The van der Waals surface area contributed by atoms with E-state index in [0.29, 0.717) is 17.5 Å². The number of rotatable bonds is 2. The van der Waals surface area contributed by atoms with Gasteiger partial charge in [-0.05, 0) is 18.4 Å². The molecule has 0 radical (unpaired) electrons. The van der Waals surface area contributed by atoms with Crippen LogP contribution < -0.4 is 0 Å². The Labute approximate surface area is 131 Å². The predicted molar refractivity (Wildman–Crippen MR) is 78.3 cm³/mol. The van der Waals surface area contributed by atoms with Gasteiger partial charge >= 0.3 is 6.18 Å². The number of sulfonamides is 1. The van der Waals surface area contributed by atoms with Crippen LogP contribution >= 0.6 is 0 Å². The van der Waals surface area contributed by atoms with E-state index in [1.165, 1.54) is 6.08 Å². The second-order valence-corrected chi connectivity index (χ2v) is 7.61. The molecule has 4 nitrogen and oxygen atoms in total. The van der Waals surface area contributed by atoms with Crippen molar-refractivity contribution in [2.24, 2.45) is 0 Å². The summed E-state index contributed by atoms with van der Waals surface area (Å²) in [5, 5.41) is 0. The number of nitrogens with zero attached hydrogens (tertiary/aromatic N) is 1. The highest BCUT2D eigenvalue weighted by Crippen LogP contribution is 2.41. The number of benzene rings is 1. The maximum Gasteiger partial charge on any atom is 0.404 e. The Morgan fingerprint density at radius 1 is 1.22 bits per heavy atom. The number of hydrogen-bond acceptors (Lipinski definition) is 3. The molecule has 3 rings (SSSR count). The van der Waals surface area contributed by atoms with Gasteiger partial charge in [0.05, 0.1) is 0 Å². The second kappa shape index (κ2) is 5.17. The highest BCUT2D eigenvalue weighted by atomic mass is 32.2. The van der Waals surface area contributed by atoms with Crippen molar-refractivity contribution in [2.75, 3.05) is 12.3 Å². The average Bonchev–Trinajstić information content (AvgIpc) is 2.87. The fourth-order valence-corrected chi connectivity index (χ4v) is 4.98. The van der Waals surface area contributed by atoms with Gasteiger partial charge in [-0.15, -0.1) is 0 Å². The monoisotopic (exact) mass is 345 g/mol. The van der Waals surface area contributed by atoms with Crippen molar-refractivity contribution in [3.63, 3.8) is 0 Å². The van der Waals surface area contributed by atoms with Gasteiger partial charge in [-0.2, -0.15) is 17.5 Å². The van der Waals surface area contributed by atoms with Crippen LogP contribution in [0.25, 0.3) is 6.08 Å². The molecule has 1 saturated heterocycles. The van der Waals surface area contributed by atoms with Gasteiger partial charge in [0.1, 0.15) is 5.54 Å². The Kier molecular flexibility index (Phi) is 3.64. The maximum absolute atomic E-state index is 12.8. The van der Waals surface area contributed by atoms with Gasteiger partial charge < -0.3 is 0 Å². The molecule has 0 N–H and O–H groups in total. The van der Waals surface area contributed by atoms with E-state index in [9.17, 15) is 26.4 Å². The number of halogens is 3. The van der Waals surface area contributed by atoms with Crippen LogP contribution in [0, 0.1) is 0 Å². The number of fused-ring (bicyclic) bond motifs is 1. The second-order valence-electron chi connectivity index (χ2n) is 5.72. The molecule has 1 fully saturated rings. The van der Waals surface area contributed by atoms with Crippen molar-refractivity contribution >= 4 is 21.9 Å². The van der Waals surface area contributed by atoms with Crippen LogP contribution in [0.4, 0.5) is 13.2 Å². The summed E-state index contributed by atoms with van der Waals surface area (Å²) in [6.07, 6.45) is -1.28. The summed E-state index contributed by atoms with van der Waals surface area (Å²) in [7, 11) is -4.62. The molecule has 1 spiro atoms. The van der Waals surface area contributed by atoms with Crippen molar-refractivity contribution in [1.82, 2.24) is 4.31 Å². The largest absolute Gasteiger partial charge is 0.404 e. The van der Waals surface area contributed by atoms with Crippen LogP contribution in [-0.2, 0) is 10.0 Å². The van der Waals surface area contributed by atoms with Crippen molar-refractivity contribution < 1.29 is 26.4 Å². The van der Waals surface area contributed by atoms with Crippen LogP contribution in [0.3, 0.4) is 0 Å². The molecule has 0 aromatic heterocycles. The molecule has 1 aromatic rings. The molecule has 0 bridgehead atoms. The SMILES string of the molecule is O=C1c2ccccc2C=CC12CCCN2S(=O)(=O)CC(F)(F)F.